The van der Waals surface area contributed by atoms with Crippen molar-refractivity contribution in [2.75, 3.05) is 32.8 Å². The number of nitro groups is 1. The zero-order valence-electron chi connectivity index (χ0n) is 14.1. The van der Waals surface area contributed by atoms with Crippen molar-refractivity contribution in [2.24, 2.45) is 5.92 Å². The fourth-order valence-electron chi connectivity index (χ4n) is 3.86. The fraction of sp³-hybridized carbons (Fsp3) is 0.579. The Balaban J connectivity index is 1.90. The molecule has 2 fully saturated rings. The molecule has 1 aliphatic carbocycles. The quantitative estimate of drug-likeness (QED) is 0.592. The average Bonchev–Trinajstić information content (AvgIpc) is 3.14. The van der Waals surface area contributed by atoms with Gasteiger partial charge in [-0.25, -0.2) is 0 Å². The molecule has 130 valence electrons. The second-order valence-corrected chi connectivity index (χ2v) is 6.70. The van der Waals surface area contributed by atoms with E-state index in [2.05, 4.69) is 11.0 Å². The highest BCUT2D eigenvalue weighted by molar-refractivity contribution is 5.26. The maximum Gasteiger partial charge on any atom is 0.214 e. The fourth-order valence-corrected chi connectivity index (χ4v) is 3.86. The lowest BCUT2D eigenvalue weighted by atomic mass is 9.93. The van der Waals surface area contributed by atoms with E-state index in [1.54, 1.807) is 0 Å². The molecule has 1 unspecified atom stereocenters. The Morgan fingerprint density at radius 3 is 2.54 bits per heavy atom. The lowest BCUT2D eigenvalue weighted by Gasteiger charge is -2.34. The first-order chi connectivity index (χ1) is 11.7. The van der Waals surface area contributed by atoms with Gasteiger partial charge < -0.3 is 9.64 Å². The van der Waals surface area contributed by atoms with Crippen LogP contribution in [0.15, 0.2) is 42.1 Å². The summed E-state index contributed by atoms with van der Waals surface area (Å²) in [5.41, 5.74) is 2.34. The van der Waals surface area contributed by atoms with Gasteiger partial charge in [0.25, 0.3) is 0 Å². The Bertz CT molecular complexity index is 561. The molecule has 1 heterocycles. The summed E-state index contributed by atoms with van der Waals surface area (Å²) in [6.45, 7) is 3.22. The van der Waals surface area contributed by atoms with E-state index in [1.807, 2.05) is 30.3 Å². The highest BCUT2D eigenvalue weighted by Crippen LogP contribution is 2.35. The van der Waals surface area contributed by atoms with E-state index >= 15 is 0 Å². The molecule has 3 rings (SSSR count). The monoisotopic (exact) mass is 330 g/mol. The van der Waals surface area contributed by atoms with Gasteiger partial charge >= 0.3 is 0 Å². The number of allylic oxidation sites excluding steroid dienone is 1. The third kappa shape index (κ3) is 4.35. The zero-order chi connectivity index (χ0) is 16.8. The first-order valence-corrected chi connectivity index (χ1v) is 8.95. The Morgan fingerprint density at radius 2 is 1.92 bits per heavy atom. The van der Waals surface area contributed by atoms with E-state index in [-0.39, 0.29) is 17.4 Å². The summed E-state index contributed by atoms with van der Waals surface area (Å²) in [6, 6.07) is 9.86. The van der Waals surface area contributed by atoms with Crippen molar-refractivity contribution in [3.05, 3.63) is 57.8 Å². The maximum absolute atomic E-state index is 11.2. The normalized spacial score (nSPS) is 21.0. The Labute approximate surface area is 143 Å². The molecule has 5 heteroatoms. The van der Waals surface area contributed by atoms with Crippen LogP contribution in [0.1, 0.15) is 37.2 Å². The summed E-state index contributed by atoms with van der Waals surface area (Å²) in [5, 5.41) is 11.2. The van der Waals surface area contributed by atoms with Crippen molar-refractivity contribution in [3.63, 3.8) is 0 Å². The Hall–Kier alpha value is -1.88. The molecular weight excluding hydrogens is 304 g/mol. The Morgan fingerprint density at radius 1 is 1.25 bits per heavy atom. The van der Waals surface area contributed by atoms with Crippen LogP contribution in [0.25, 0.3) is 0 Å². The molecule has 0 bridgehead atoms. The van der Waals surface area contributed by atoms with Gasteiger partial charge in [-0.3, -0.25) is 10.1 Å². The van der Waals surface area contributed by atoms with Crippen LogP contribution in [0.4, 0.5) is 0 Å². The van der Waals surface area contributed by atoms with E-state index in [1.165, 1.54) is 31.4 Å². The SMILES string of the molecule is O=[N+]([O-])CC(/C=C(/C1CCCC1)N1CCOCC1)c1ccccc1. The smallest absolute Gasteiger partial charge is 0.214 e. The average molecular weight is 330 g/mol. The van der Waals surface area contributed by atoms with Crippen LogP contribution in [-0.2, 0) is 4.74 Å². The standard InChI is InChI=1S/C19H26N2O3/c22-21(23)15-18(16-6-2-1-3-7-16)14-19(17-8-4-5-9-17)20-10-12-24-13-11-20/h1-3,6-7,14,17-18H,4-5,8-13,15H2/b19-14-. The number of rotatable bonds is 6. The Kier molecular flexibility index (Phi) is 5.86. The predicted octanol–water partition coefficient (Wildman–Crippen LogP) is 3.45. The molecule has 1 saturated heterocycles. The lowest BCUT2D eigenvalue weighted by Crippen LogP contribution is -2.38. The molecule has 5 nitrogen and oxygen atoms in total. The van der Waals surface area contributed by atoms with Gasteiger partial charge in [-0.1, -0.05) is 49.2 Å². The summed E-state index contributed by atoms with van der Waals surface area (Å²) >= 11 is 0. The van der Waals surface area contributed by atoms with Crippen LogP contribution in [0.5, 0.6) is 0 Å². The van der Waals surface area contributed by atoms with Gasteiger partial charge in [0.15, 0.2) is 0 Å². The van der Waals surface area contributed by atoms with Gasteiger partial charge in [-0.05, 0) is 24.3 Å². The number of ether oxygens (including phenoxy) is 1. The molecule has 1 aromatic rings. The minimum Gasteiger partial charge on any atom is -0.378 e. The zero-order valence-corrected chi connectivity index (χ0v) is 14.1. The molecule has 1 aromatic carbocycles. The van der Waals surface area contributed by atoms with E-state index in [0.29, 0.717) is 5.92 Å². The van der Waals surface area contributed by atoms with E-state index in [0.717, 1.165) is 31.9 Å². The largest absolute Gasteiger partial charge is 0.378 e. The summed E-state index contributed by atoms with van der Waals surface area (Å²) in [6.07, 6.45) is 7.10. The predicted molar refractivity (Wildman–Crippen MR) is 93.5 cm³/mol. The molecule has 0 aromatic heterocycles. The first-order valence-electron chi connectivity index (χ1n) is 8.95. The van der Waals surface area contributed by atoms with Gasteiger partial charge in [0.05, 0.1) is 19.1 Å². The molecule has 0 N–H and O–H groups in total. The third-order valence-electron chi connectivity index (χ3n) is 5.10. The molecule has 0 radical (unpaired) electrons. The van der Waals surface area contributed by atoms with Crippen molar-refractivity contribution >= 4 is 0 Å². The van der Waals surface area contributed by atoms with Gasteiger partial charge in [-0.15, -0.1) is 0 Å². The van der Waals surface area contributed by atoms with Crippen LogP contribution in [0.2, 0.25) is 0 Å². The van der Waals surface area contributed by atoms with Gasteiger partial charge in [0.2, 0.25) is 6.54 Å². The van der Waals surface area contributed by atoms with Crippen LogP contribution in [-0.4, -0.2) is 42.7 Å². The molecule has 1 atom stereocenters. The summed E-state index contributed by atoms with van der Waals surface area (Å²) in [4.78, 5) is 13.4. The molecule has 24 heavy (non-hydrogen) atoms. The van der Waals surface area contributed by atoms with Crippen LogP contribution < -0.4 is 0 Å². The third-order valence-corrected chi connectivity index (χ3v) is 5.10. The number of benzene rings is 1. The van der Waals surface area contributed by atoms with Gasteiger partial charge in [-0.2, -0.15) is 0 Å². The van der Waals surface area contributed by atoms with E-state index in [9.17, 15) is 10.1 Å². The van der Waals surface area contributed by atoms with Crippen molar-refractivity contribution in [3.8, 4) is 0 Å². The minimum atomic E-state index is -0.195. The van der Waals surface area contributed by atoms with Crippen molar-refractivity contribution in [2.45, 2.75) is 31.6 Å². The second-order valence-electron chi connectivity index (χ2n) is 6.70. The molecule has 2 aliphatic rings. The molecule has 0 spiro atoms. The highest BCUT2D eigenvalue weighted by atomic mass is 16.6. The highest BCUT2D eigenvalue weighted by Gasteiger charge is 2.27. The number of hydrogen-bond donors (Lipinski definition) is 0. The summed E-state index contributed by atoms with van der Waals surface area (Å²) in [7, 11) is 0. The van der Waals surface area contributed by atoms with Crippen LogP contribution in [0, 0.1) is 16.0 Å². The van der Waals surface area contributed by atoms with Gasteiger partial charge in [0, 0.05) is 23.7 Å². The lowest BCUT2D eigenvalue weighted by molar-refractivity contribution is -0.481. The van der Waals surface area contributed by atoms with Crippen LogP contribution >= 0.6 is 0 Å². The topological polar surface area (TPSA) is 55.6 Å². The van der Waals surface area contributed by atoms with Crippen LogP contribution in [0.3, 0.4) is 0 Å². The van der Waals surface area contributed by atoms with Gasteiger partial charge in [0.1, 0.15) is 0 Å². The summed E-state index contributed by atoms with van der Waals surface area (Å²) in [5.74, 6) is 0.376. The van der Waals surface area contributed by atoms with Crippen molar-refractivity contribution in [1.82, 2.24) is 4.90 Å². The summed E-state index contributed by atoms with van der Waals surface area (Å²) < 4.78 is 5.49. The molecular formula is C19H26N2O3. The number of hydrogen-bond acceptors (Lipinski definition) is 4. The van der Waals surface area contributed by atoms with Crippen molar-refractivity contribution < 1.29 is 9.66 Å². The van der Waals surface area contributed by atoms with E-state index in [4.69, 9.17) is 4.74 Å². The van der Waals surface area contributed by atoms with E-state index < -0.39 is 0 Å². The van der Waals surface area contributed by atoms with Crippen molar-refractivity contribution in [1.29, 1.82) is 0 Å². The molecule has 1 saturated carbocycles. The molecule has 1 aliphatic heterocycles. The minimum absolute atomic E-state index is 0.0510. The second kappa shape index (κ2) is 8.29. The number of morpholine rings is 1. The maximum atomic E-state index is 11.2. The first kappa shape index (κ1) is 17.0. The molecule has 0 amide bonds. The number of nitrogens with zero attached hydrogens (tertiary/aromatic N) is 2.